The van der Waals surface area contributed by atoms with Crippen molar-refractivity contribution in [1.29, 1.82) is 0 Å². The minimum atomic E-state index is 0.785. The van der Waals surface area contributed by atoms with Crippen LogP contribution in [0.2, 0.25) is 0 Å². The van der Waals surface area contributed by atoms with Gasteiger partial charge in [0.25, 0.3) is 0 Å². The Kier molecular flexibility index (Phi) is 2.51. The largest absolute Gasteiger partial charge is 0.337 e. The molecule has 1 aromatic rings. The van der Waals surface area contributed by atoms with Gasteiger partial charge in [-0.1, -0.05) is 0 Å². The van der Waals surface area contributed by atoms with Crippen molar-refractivity contribution in [2.24, 2.45) is 30.7 Å². The maximum Gasteiger partial charge on any atom is 0.0945 e. The van der Waals surface area contributed by atoms with E-state index in [2.05, 4.69) is 21.9 Å². The maximum absolute atomic E-state index is 4.20. The molecule has 4 aliphatic rings. The predicted octanol–water partition coefficient (Wildman–Crippen LogP) is 2.33. The lowest BCUT2D eigenvalue weighted by molar-refractivity contribution is -0.0144. The van der Waals surface area contributed by atoms with E-state index in [1.807, 2.05) is 12.5 Å². The fraction of sp³-hybridized carbons (Fsp3) is 0.800. The second kappa shape index (κ2) is 4.09. The van der Waals surface area contributed by atoms with Gasteiger partial charge in [0.15, 0.2) is 0 Å². The molecule has 4 fully saturated rings. The second-order valence-electron chi connectivity index (χ2n) is 6.83. The Bertz CT molecular complexity index is 409. The summed E-state index contributed by atoms with van der Waals surface area (Å²) >= 11 is 0. The average Bonchev–Trinajstić information content (AvgIpc) is 2.73. The van der Waals surface area contributed by atoms with Crippen LogP contribution in [-0.4, -0.2) is 15.6 Å². The molecule has 0 aliphatic heterocycles. The van der Waals surface area contributed by atoms with Gasteiger partial charge in [0, 0.05) is 25.8 Å². The molecule has 18 heavy (non-hydrogen) atoms. The third-order valence-corrected chi connectivity index (χ3v) is 5.66. The Morgan fingerprint density at radius 1 is 1.17 bits per heavy atom. The van der Waals surface area contributed by atoms with Crippen molar-refractivity contribution >= 4 is 0 Å². The molecule has 0 unspecified atom stereocenters. The van der Waals surface area contributed by atoms with Crippen molar-refractivity contribution in [2.75, 3.05) is 0 Å². The van der Waals surface area contributed by atoms with Crippen LogP contribution in [0.15, 0.2) is 12.5 Å². The number of hydrogen-bond donors (Lipinski definition) is 1. The Morgan fingerprint density at radius 2 is 1.83 bits per heavy atom. The van der Waals surface area contributed by atoms with Crippen LogP contribution in [0, 0.1) is 23.7 Å². The monoisotopic (exact) mass is 245 g/mol. The van der Waals surface area contributed by atoms with E-state index < -0.39 is 0 Å². The highest BCUT2D eigenvalue weighted by atomic mass is 15.1. The molecule has 0 amide bonds. The summed E-state index contributed by atoms with van der Waals surface area (Å²) in [5, 5.41) is 3.85. The molecule has 1 N–H and O–H groups in total. The van der Waals surface area contributed by atoms with Gasteiger partial charge in [-0.3, -0.25) is 0 Å². The standard InChI is InChI=1S/C15H23N3/c1-18-9-16-7-14(18)8-17-15-12-3-10-2-11(5-12)6-13(15)4-10/h7,9-13,15,17H,2-6,8H2,1H3. The lowest BCUT2D eigenvalue weighted by Gasteiger charge is -2.54. The lowest BCUT2D eigenvalue weighted by Crippen LogP contribution is -2.54. The lowest BCUT2D eigenvalue weighted by atomic mass is 9.54. The summed E-state index contributed by atoms with van der Waals surface area (Å²) in [5.41, 5.74) is 1.31. The Labute approximate surface area is 109 Å². The molecule has 1 heterocycles. The van der Waals surface area contributed by atoms with E-state index in [9.17, 15) is 0 Å². The molecule has 0 aromatic carbocycles. The van der Waals surface area contributed by atoms with Gasteiger partial charge in [-0.25, -0.2) is 4.98 Å². The van der Waals surface area contributed by atoms with Crippen LogP contribution < -0.4 is 5.32 Å². The summed E-state index contributed by atoms with van der Waals surface area (Å²) in [7, 11) is 2.08. The fourth-order valence-electron chi connectivity index (χ4n) is 5.04. The molecule has 0 atom stereocenters. The highest BCUT2D eigenvalue weighted by molar-refractivity contribution is 5.03. The van der Waals surface area contributed by atoms with Gasteiger partial charge in [-0.15, -0.1) is 0 Å². The molecule has 0 radical (unpaired) electrons. The molecule has 1 aromatic heterocycles. The fourth-order valence-corrected chi connectivity index (χ4v) is 5.04. The Balaban J connectivity index is 1.45. The van der Waals surface area contributed by atoms with Crippen molar-refractivity contribution in [2.45, 2.75) is 44.7 Å². The van der Waals surface area contributed by atoms with Gasteiger partial charge < -0.3 is 9.88 Å². The van der Waals surface area contributed by atoms with Crippen LogP contribution in [0.25, 0.3) is 0 Å². The van der Waals surface area contributed by atoms with Crippen LogP contribution in [0.5, 0.6) is 0 Å². The zero-order valence-electron chi connectivity index (χ0n) is 11.2. The van der Waals surface area contributed by atoms with E-state index in [4.69, 9.17) is 0 Å². The number of nitrogens with zero attached hydrogens (tertiary/aromatic N) is 2. The van der Waals surface area contributed by atoms with Crippen molar-refractivity contribution in [3.05, 3.63) is 18.2 Å². The number of aryl methyl sites for hydroxylation is 1. The van der Waals surface area contributed by atoms with Crippen LogP contribution >= 0.6 is 0 Å². The summed E-state index contributed by atoms with van der Waals surface area (Å²) in [6.45, 7) is 0.990. The first-order valence-corrected chi connectivity index (χ1v) is 7.48. The quantitative estimate of drug-likeness (QED) is 0.886. The zero-order valence-corrected chi connectivity index (χ0v) is 11.2. The van der Waals surface area contributed by atoms with Gasteiger partial charge in [-0.2, -0.15) is 0 Å². The highest BCUT2D eigenvalue weighted by Gasteiger charge is 2.47. The van der Waals surface area contributed by atoms with Gasteiger partial charge in [0.05, 0.1) is 12.0 Å². The van der Waals surface area contributed by atoms with E-state index in [1.165, 1.54) is 31.4 Å². The number of rotatable bonds is 3. The molecular formula is C15H23N3. The maximum atomic E-state index is 4.20. The van der Waals surface area contributed by atoms with E-state index in [-0.39, 0.29) is 0 Å². The van der Waals surface area contributed by atoms with E-state index in [1.54, 1.807) is 6.42 Å². The van der Waals surface area contributed by atoms with Gasteiger partial charge in [0.1, 0.15) is 0 Å². The van der Waals surface area contributed by atoms with Crippen molar-refractivity contribution < 1.29 is 0 Å². The topological polar surface area (TPSA) is 29.9 Å². The van der Waals surface area contributed by atoms with Crippen molar-refractivity contribution in [3.8, 4) is 0 Å². The van der Waals surface area contributed by atoms with Crippen LogP contribution in [-0.2, 0) is 13.6 Å². The third-order valence-electron chi connectivity index (χ3n) is 5.66. The van der Waals surface area contributed by atoms with Gasteiger partial charge in [-0.05, 0) is 55.8 Å². The van der Waals surface area contributed by atoms with E-state index in [0.29, 0.717) is 0 Å². The number of hydrogen-bond acceptors (Lipinski definition) is 2. The smallest absolute Gasteiger partial charge is 0.0945 e. The second-order valence-corrected chi connectivity index (χ2v) is 6.83. The van der Waals surface area contributed by atoms with Crippen molar-refractivity contribution in [1.82, 2.24) is 14.9 Å². The molecule has 3 nitrogen and oxygen atoms in total. The summed E-state index contributed by atoms with van der Waals surface area (Å²) in [4.78, 5) is 4.20. The number of nitrogens with one attached hydrogen (secondary N) is 1. The molecule has 4 saturated carbocycles. The summed E-state index contributed by atoms with van der Waals surface area (Å²) in [6.07, 6.45) is 11.4. The molecule has 0 spiro atoms. The summed E-state index contributed by atoms with van der Waals surface area (Å²) < 4.78 is 2.13. The van der Waals surface area contributed by atoms with Crippen LogP contribution in [0.1, 0.15) is 37.8 Å². The average molecular weight is 245 g/mol. The van der Waals surface area contributed by atoms with Crippen LogP contribution in [0.4, 0.5) is 0 Å². The first-order chi connectivity index (χ1) is 8.79. The molecule has 98 valence electrons. The third kappa shape index (κ3) is 1.71. The molecule has 5 rings (SSSR count). The minimum absolute atomic E-state index is 0.785. The zero-order chi connectivity index (χ0) is 12.1. The molecular weight excluding hydrogens is 222 g/mol. The first-order valence-electron chi connectivity index (χ1n) is 7.48. The summed E-state index contributed by atoms with van der Waals surface area (Å²) in [6, 6.07) is 0.785. The van der Waals surface area contributed by atoms with Gasteiger partial charge in [0.2, 0.25) is 0 Å². The molecule has 4 bridgehead atoms. The molecule has 3 heteroatoms. The van der Waals surface area contributed by atoms with Gasteiger partial charge >= 0.3 is 0 Å². The Hall–Kier alpha value is -0.830. The minimum Gasteiger partial charge on any atom is -0.337 e. The SMILES string of the molecule is Cn1cncc1CNC1C2CC3CC(C2)CC1C3. The molecule has 4 aliphatic carbocycles. The molecule has 0 saturated heterocycles. The highest BCUT2D eigenvalue weighted by Crippen LogP contribution is 2.53. The normalized spacial score (nSPS) is 41.5. The Morgan fingerprint density at radius 3 is 2.39 bits per heavy atom. The van der Waals surface area contributed by atoms with E-state index in [0.717, 1.165) is 36.3 Å². The van der Waals surface area contributed by atoms with Crippen molar-refractivity contribution in [3.63, 3.8) is 0 Å². The van der Waals surface area contributed by atoms with E-state index >= 15 is 0 Å². The number of aromatic nitrogens is 2. The summed E-state index contributed by atoms with van der Waals surface area (Å²) in [5.74, 6) is 4.08. The number of imidazole rings is 1. The van der Waals surface area contributed by atoms with Crippen LogP contribution in [0.3, 0.4) is 0 Å². The predicted molar refractivity (Wildman–Crippen MR) is 70.9 cm³/mol. The first kappa shape index (κ1) is 11.0.